The van der Waals surface area contributed by atoms with Crippen molar-refractivity contribution in [1.29, 1.82) is 0 Å². The van der Waals surface area contributed by atoms with Gasteiger partial charge in [-0.25, -0.2) is 4.79 Å². The molecule has 3 fully saturated rings. The van der Waals surface area contributed by atoms with Crippen LogP contribution < -0.4 is 10.6 Å². The molecule has 36 heavy (non-hydrogen) atoms. The molecule has 1 heterocycles. The van der Waals surface area contributed by atoms with Gasteiger partial charge >= 0.3 is 6.03 Å². The van der Waals surface area contributed by atoms with Gasteiger partial charge in [0, 0.05) is 25.7 Å². The molecule has 3 aliphatic rings. The van der Waals surface area contributed by atoms with Crippen molar-refractivity contribution in [3.63, 3.8) is 0 Å². The van der Waals surface area contributed by atoms with Crippen molar-refractivity contribution in [2.24, 2.45) is 5.92 Å². The second kappa shape index (κ2) is 10.0. The zero-order valence-electron chi connectivity index (χ0n) is 22.6. The van der Waals surface area contributed by atoms with Gasteiger partial charge in [-0.2, -0.15) is 0 Å². The summed E-state index contributed by atoms with van der Waals surface area (Å²) >= 11 is 0. The van der Waals surface area contributed by atoms with E-state index >= 15 is 0 Å². The summed E-state index contributed by atoms with van der Waals surface area (Å²) in [7, 11) is 5.86. The number of amides is 4. The fraction of sp³-hybridized carbons (Fsp3) is 0.679. The summed E-state index contributed by atoms with van der Waals surface area (Å²) < 4.78 is 0. The maximum Gasteiger partial charge on any atom is 0.321 e. The number of rotatable bonds is 8. The highest BCUT2D eigenvalue weighted by atomic mass is 16.2. The zero-order chi connectivity index (χ0) is 26.1. The monoisotopic (exact) mass is 497 g/mol. The molecule has 8 nitrogen and oxygen atoms in total. The summed E-state index contributed by atoms with van der Waals surface area (Å²) in [5, 5.41) is 5.39. The molecule has 0 unspecified atom stereocenters. The molecule has 1 aromatic carbocycles. The lowest BCUT2D eigenvalue weighted by Gasteiger charge is -2.51. The molecular weight excluding hydrogens is 454 g/mol. The molecule has 4 rings (SSSR count). The maximum absolute atomic E-state index is 13.7. The lowest BCUT2D eigenvalue weighted by Crippen LogP contribution is -2.56. The Morgan fingerprint density at radius 2 is 1.72 bits per heavy atom. The summed E-state index contributed by atoms with van der Waals surface area (Å²) in [5.74, 6) is -0.0123. The summed E-state index contributed by atoms with van der Waals surface area (Å²) in [4.78, 5) is 44.9. The molecule has 1 aliphatic heterocycles. The fourth-order valence-corrected chi connectivity index (χ4v) is 6.44. The van der Waals surface area contributed by atoms with Gasteiger partial charge in [0.15, 0.2) is 0 Å². The van der Waals surface area contributed by atoms with E-state index in [-0.39, 0.29) is 35.5 Å². The van der Waals surface area contributed by atoms with E-state index in [4.69, 9.17) is 0 Å². The quantitative estimate of drug-likeness (QED) is 0.578. The van der Waals surface area contributed by atoms with Crippen molar-refractivity contribution in [3.05, 3.63) is 35.9 Å². The van der Waals surface area contributed by atoms with Gasteiger partial charge in [-0.1, -0.05) is 36.8 Å². The summed E-state index contributed by atoms with van der Waals surface area (Å²) in [5.41, 5.74) is -0.0196. The summed E-state index contributed by atoms with van der Waals surface area (Å²) in [6.07, 6.45) is 7.31. The molecule has 8 heteroatoms. The third-order valence-electron chi connectivity index (χ3n) is 8.98. The van der Waals surface area contributed by atoms with Crippen molar-refractivity contribution in [2.75, 3.05) is 40.8 Å². The van der Waals surface area contributed by atoms with E-state index in [0.717, 1.165) is 32.2 Å². The lowest BCUT2D eigenvalue weighted by molar-refractivity contribution is -0.132. The Labute approximate surface area is 215 Å². The number of urea groups is 1. The van der Waals surface area contributed by atoms with Crippen molar-refractivity contribution in [2.45, 2.75) is 75.4 Å². The number of hydrogen-bond donors (Lipinski definition) is 2. The van der Waals surface area contributed by atoms with Crippen LogP contribution in [0.5, 0.6) is 0 Å². The summed E-state index contributed by atoms with van der Waals surface area (Å²) in [6.45, 7) is 4.66. The Balaban J connectivity index is 1.53. The molecule has 1 aromatic rings. The van der Waals surface area contributed by atoms with Crippen LogP contribution >= 0.6 is 0 Å². The number of nitrogens with zero attached hydrogens (tertiary/aromatic N) is 3. The Kier molecular flexibility index (Phi) is 7.37. The Bertz CT molecular complexity index is 965. The molecule has 0 radical (unpaired) electrons. The largest absolute Gasteiger partial charge is 0.357 e. The maximum atomic E-state index is 13.7. The minimum atomic E-state index is -1.04. The van der Waals surface area contributed by atoms with Crippen LogP contribution in [0.25, 0.3) is 0 Å². The average Bonchev–Trinajstić information content (AvgIpc) is 3.06. The van der Waals surface area contributed by atoms with Crippen molar-refractivity contribution in [1.82, 2.24) is 25.3 Å². The molecule has 0 bridgehead atoms. The molecule has 2 saturated carbocycles. The minimum absolute atomic E-state index is 0.0281. The Hall–Kier alpha value is -2.61. The molecule has 198 valence electrons. The van der Waals surface area contributed by atoms with Crippen LogP contribution in [0.4, 0.5) is 4.79 Å². The molecule has 2 N–H and O–H groups in total. The summed E-state index contributed by atoms with van der Waals surface area (Å²) in [6, 6.07) is 10.7. The van der Waals surface area contributed by atoms with E-state index in [1.54, 1.807) is 25.8 Å². The van der Waals surface area contributed by atoms with Crippen LogP contribution in [-0.2, 0) is 15.1 Å². The van der Waals surface area contributed by atoms with Gasteiger partial charge in [0.2, 0.25) is 11.8 Å². The highest BCUT2D eigenvalue weighted by Gasteiger charge is 2.55. The van der Waals surface area contributed by atoms with E-state index < -0.39 is 5.54 Å². The number of benzene rings is 1. The second-order valence-corrected chi connectivity index (χ2v) is 11.8. The first-order valence-electron chi connectivity index (χ1n) is 13.4. The predicted octanol–water partition coefficient (Wildman–Crippen LogP) is 2.93. The van der Waals surface area contributed by atoms with Gasteiger partial charge in [0.05, 0.1) is 5.54 Å². The highest BCUT2D eigenvalue weighted by Crippen LogP contribution is 2.49. The third kappa shape index (κ3) is 4.84. The second-order valence-electron chi connectivity index (χ2n) is 11.8. The van der Waals surface area contributed by atoms with E-state index in [2.05, 4.69) is 64.9 Å². The first kappa shape index (κ1) is 26.5. The normalized spacial score (nSPS) is 26.9. The van der Waals surface area contributed by atoms with Crippen molar-refractivity contribution >= 4 is 17.8 Å². The zero-order valence-corrected chi connectivity index (χ0v) is 22.6. The Morgan fingerprint density at radius 1 is 1.08 bits per heavy atom. The fourth-order valence-electron chi connectivity index (χ4n) is 6.44. The number of nitrogens with one attached hydrogen (secondary N) is 2. The van der Waals surface area contributed by atoms with Crippen LogP contribution in [0, 0.1) is 5.92 Å². The van der Waals surface area contributed by atoms with Gasteiger partial charge in [-0.05, 0) is 77.9 Å². The van der Waals surface area contributed by atoms with Crippen molar-refractivity contribution < 1.29 is 14.4 Å². The number of hydrogen-bond acceptors (Lipinski definition) is 4. The molecule has 2 aliphatic carbocycles. The van der Waals surface area contributed by atoms with Gasteiger partial charge in [-0.15, -0.1) is 0 Å². The van der Waals surface area contributed by atoms with Gasteiger partial charge in [0.1, 0.15) is 12.1 Å². The lowest BCUT2D eigenvalue weighted by atomic mass is 9.68. The van der Waals surface area contributed by atoms with Crippen LogP contribution in [-0.4, -0.2) is 84.4 Å². The highest BCUT2D eigenvalue weighted by molar-refractivity contribution is 5.92. The van der Waals surface area contributed by atoms with E-state index in [1.165, 1.54) is 24.8 Å². The third-order valence-corrected chi connectivity index (χ3v) is 8.98. The van der Waals surface area contributed by atoms with Gasteiger partial charge in [0.25, 0.3) is 0 Å². The molecule has 0 atom stereocenters. The van der Waals surface area contributed by atoms with E-state index in [9.17, 15) is 14.4 Å². The van der Waals surface area contributed by atoms with Crippen molar-refractivity contribution in [3.8, 4) is 0 Å². The van der Waals surface area contributed by atoms with Gasteiger partial charge < -0.3 is 20.4 Å². The smallest absolute Gasteiger partial charge is 0.321 e. The van der Waals surface area contributed by atoms with Crippen LogP contribution in [0.15, 0.2) is 30.3 Å². The molecule has 4 amide bonds. The predicted molar refractivity (Wildman–Crippen MR) is 140 cm³/mol. The van der Waals surface area contributed by atoms with Crippen LogP contribution in [0.3, 0.4) is 0 Å². The standard InChI is InChI=1S/C28H43N5O3/c1-26(2,24(35)29-3)30-23(34)19-32-20-27(33(25(32)36)18-21-10-9-11-21)14-16-28(17-15-27,31(4)5)22-12-7-6-8-13-22/h6-8,12-13,21H,9-11,14-20H2,1-5H3,(H,29,35)(H,30,34). The number of likely N-dealkylation sites (N-methyl/N-ethyl adjacent to an activating group) is 1. The number of carbonyl (C=O) groups excluding carboxylic acids is 3. The van der Waals surface area contributed by atoms with E-state index in [1.807, 2.05) is 0 Å². The average molecular weight is 498 g/mol. The molecule has 1 saturated heterocycles. The Morgan fingerprint density at radius 3 is 2.25 bits per heavy atom. The molecule has 1 spiro atoms. The van der Waals surface area contributed by atoms with Crippen LogP contribution in [0.1, 0.15) is 64.4 Å². The van der Waals surface area contributed by atoms with E-state index in [0.29, 0.717) is 12.5 Å². The first-order chi connectivity index (χ1) is 17.0. The molecular formula is C28H43N5O3. The molecule has 0 aromatic heterocycles. The van der Waals surface area contributed by atoms with Crippen LogP contribution in [0.2, 0.25) is 0 Å². The first-order valence-corrected chi connectivity index (χ1v) is 13.4. The SMILES string of the molecule is CNC(=O)C(C)(C)NC(=O)CN1CC2(CCC(c3ccccc3)(N(C)C)CC2)N(CC2CCC2)C1=O. The number of carbonyl (C=O) groups is 3. The minimum Gasteiger partial charge on any atom is -0.357 e. The van der Waals surface area contributed by atoms with Gasteiger partial charge in [-0.3, -0.25) is 14.5 Å². The topological polar surface area (TPSA) is 85.0 Å².